The Morgan fingerprint density at radius 2 is 2.21 bits per heavy atom. The van der Waals surface area contributed by atoms with Crippen molar-refractivity contribution in [2.24, 2.45) is 5.92 Å². The fraction of sp³-hybridized carbons (Fsp3) is 0.500. The van der Waals surface area contributed by atoms with Crippen LogP contribution in [0.4, 0.5) is 4.39 Å². The second-order valence-corrected chi connectivity index (χ2v) is 6.78. The summed E-state index contributed by atoms with van der Waals surface area (Å²) in [6, 6.07) is 3.91. The van der Waals surface area contributed by atoms with Gasteiger partial charge in [-0.2, -0.15) is 0 Å². The van der Waals surface area contributed by atoms with Crippen LogP contribution in [0, 0.1) is 11.7 Å². The van der Waals surface area contributed by atoms with E-state index >= 15 is 0 Å². The van der Waals surface area contributed by atoms with Crippen molar-refractivity contribution < 1.29 is 19.1 Å². The van der Waals surface area contributed by atoms with Gasteiger partial charge in [0.25, 0.3) is 11.8 Å². The molecule has 8 heteroatoms. The minimum atomic E-state index is -2.05. The Bertz CT molecular complexity index is 648. The number of carbonyl (C=O) groups is 2. The summed E-state index contributed by atoms with van der Waals surface area (Å²) in [5.74, 6) is -1.47. The molecule has 2 aliphatic heterocycles. The van der Waals surface area contributed by atoms with E-state index in [2.05, 4.69) is 10.6 Å². The number of benzene rings is 1. The normalized spacial score (nSPS) is 24.1. The first kappa shape index (κ1) is 17.1. The Morgan fingerprint density at radius 3 is 2.83 bits per heavy atom. The number of amides is 2. The quantitative estimate of drug-likeness (QED) is 0.663. The molecule has 3 N–H and O–H groups in total. The maximum absolute atomic E-state index is 13.3. The van der Waals surface area contributed by atoms with E-state index in [1.54, 1.807) is 0 Å². The summed E-state index contributed by atoms with van der Waals surface area (Å²) < 4.78 is 13.3. The molecule has 0 aliphatic carbocycles. The molecule has 1 atom stereocenters. The van der Waals surface area contributed by atoms with Crippen molar-refractivity contribution in [1.29, 1.82) is 0 Å². The third kappa shape index (κ3) is 3.38. The molecule has 0 spiro atoms. The van der Waals surface area contributed by atoms with Gasteiger partial charge in [0.05, 0.1) is 0 Å². The molecule has 0 bridgehead atoms. The highest BCUT2D eigenvalue weighted by Crippen LogP contribution is 2.25. The van der Waals surface area contributed by atoms with Crippen LogP contribution >= 0.6 is 11.6 Å². The molecule has 1 unspecified atom stereocenters. The van der Waals surface area contributed by atoms with E-state index in [0.717, 1.165) is 19.2 Å². The van der Waals surface area contributed by atoms with Crippen LogP contribution in [0.2, 0.25) is 5.02 Å². The van der Waals surface area contributed by atoms with Gasteiger partial charge in [0.2, 0.25) is 5.60 Å². The SMILES string of the molecule is O=C(NCc1cc(F)cc(Cl)c1)C1(O)CCN(CC2CNC2)C1=O. The Hall–Kier alpha value is -1.70. The van der Waals surface area contributed by atoms with Gasteiger partial charge < -0.3 is 20.6 Å². The van der Waals surface area contributed by atoms with Crippen molar-refractivity contribution in [3.05, 3.63) is 34.6 Å². The fourth-order valence-corrected chi connectivity index (χ4v) is 3.23. The minimum absolute atomic E-state index is 0.0154. The highest BCUT2D eigenvalue weighted by atomic mass is 35.5. The van der Waals surface area contributed by atoms with Crippen LogP contribution < -0.4 is 10.6 Å². The van der Waals surface area contributed by atoms with Gasteiger partial charge in [0.1, 0.15) is 5.82 Å². The number of hydrogen-bond acceptors (Lipinski definition) is 4. The topological polar surface area (TPSA) is 81.7 Å². The monoisotopic (exact) mass is 355 g/mol. The van der Waals surface area contributed by atoms with Crippen LogP contribution in [-0.2, 0) is 16.1 Å². The molecule has 2 fully saturated rings. The number of nitrogens with one attached hydrogen (secondary N) is 2. The molecule has 3 rings (SSSR count). The van der Waals surface area contributed by atoms with Gasteiger partial charge in [-0.15, -0.1) is 0 Å². The van der Waals surface area contributed by atoms with Gasteiger partial charge >= 0.3 is 0 Å². The minimum Gasteiger partial charge on any atom is -0.372 e. The lowest BCUT2D eigenvalue weighted by molar-refractivity contribution is -0.154. The Balaban J connectivity index is 1.60. The third-order valence-electron chi connectivity index (χ3n) is 4.48. The fourth-order valence-electron chi connectivity index (χ4n) is 2.98. The summed E-state index contributed by atoms with van der Waals surface area (Å²) in [5, 5.41) is 16.3. The van der Waals surface area contributed by atoms with Crippen LogP contribution in [0.5, 0.6) is 0 Å². The van der Waals surface area contributed by atoms with Crippen LogP contribution in [0.15, 0.2) is 18.2 Å². The summed E-state index contributed by atoms with van der Waals surface area (Å²) >= 11 is 5.76. The molecular formula is C16H19ClFN3O3. The van der Waals surface area contributed by atoms with Crippen LogP contribution in [0.25, 0.3) is 0 Å². The van der Waals surface area contributed by atoms with Crippen molar-refractivity contribution >= 4 is 23.4 Å². The highest BCUT2D eigenvalue weighted by Gasteiger charge is 2.51. The van der Waals surface area contributed by atoms with E-state index < -0.39 is 23.2 Å². The predicted molar refractivity (Wildman–Crippen MR) is 85.8 cm³/mol. The summed E-state index contributed by atoms with van der Waals surface area (Å²) in [4.78, 5) is 26.2. The molecule has 0 saturated carbocycles. The van der Waals surface area contributed by atoms with Gasteiger partial charge in [-0.1, -0.05) is 11.6 Å². The first-order chi connectivity index (χ1) is 11.4. The largest absolute Gasteiger partial charge is 0.372 e. The number of rotatable bonds is 5. The first-order valence-corrected chi connectivity index (χ1v) is 8.22. The van der Waals surface area contributed by atoms with Crippen molar-refractivity contribution in [2.45, 2.75) is 18.6 Å². The van der Waals surface area contributed by atoms with Gasteiger partial charge in [-0.3, -0.25) is 9.59 Å². The highest BCUT2D eigenvalue weighted by molar-refractivity contribution is 6.30. The van der Waals surface area contributed by atoms with Crippen LogP contribution in [0.3, 0.4) is 0 Å². The number of halogens is 2. The van der Waals surface area contributed by atoms with E-state index in [1.165, 1.54) is 17.0 Å². The Kier molecular flexibility index (Phi) is 4.76. The standard InChI is InChI=1S/C16H19ClFN3O3/c17-12-3-10(4-13(18)5-12)8-20-14(22)16(24)1-2-21(15(16)23)9-11-6-19-7-11/h3-5,11,19,24H,1-2,6-9H2,(H,20,22). The summed E-state index contributed by atoms with van der Waals surface area (Å²) in [6.07, 6.45) is 0.0573. The molecule has 2 amide bonds. The van der Waals surface area contributed by atoms with Crippen molar-refractivity contribution in [3.8, 4) is 0 Å². The lowest BCUT2D eigenvalue weighted by atomic mass is 10.0. The molecule has 130 valence electrons. The number of nitrogens with zero attached hydrogens (tertiary/aromatic N) is 1. The lowest BCUT2D eigenvalue weighted by Crippen LogP contribution is -2.54. The summed E-state index contributed by atoms with van der Waals surface area (Å²) in [5.41, 5.74) is -1.59. The molecule has 6 nitrogen and oxygen atoms in total. The van der Waals surface area contributed by atoms with E-state index in [4.69, 9.17) is 11.6 Å². The van der Waals surface area contributed by atoms with Crippen molar-refractivity contribution in [1.82, 2.24) is 15.5 Å². The summed E-state index contributed by atoms with van der Waals surface area (Å²) in [6.45, 7) is 2.56. The molecule has 2 saturated heterocycles. The van der Waals surface area contributed by atoms with Gasteiger partial charge in [-0.05, 0) is 23.8 Å². The Labute approximate surface area is 144 Å². The zero-order valence-corrected chi connectivity index (χ0v) is 13.8. The molecule has 2 heterocycles. The average Bonchev–Trinajstić information content (AvgIpc) is 2.77. The smallest absolute Gasteiger partial charge is 0.264 e. The number of carbonyl (C=O) groups excluding carboxylic acids is 2. The second-order valence-electron chi connectivity index (χ2n) is 6.35. The molecule has 1 aromatic rings. The average molecular weight is 356 g/mol. The van der Waals surface area contributed by atoms with E-state index in [1.807, 2.05) is 0 Å². The molecular weight excluding hydrogens is 337 g/mol. The van der Waals surface area contributed by atoms with Gasteiger partial charge in [-0.25, -0.2) is 4.39 Å². The van der Waals surface area contributed by atoms with Crippen molar-refractivity contribution in [3.63, 3.8) is 0 Å². The lowest BCUT2D eigenvalue weighted by Gasteiger charge is -2.31. The van der Waals surface area contributed by atoms with E-state index in [0.29, 0.717) is 24.6 Å². The third-order valence-corrected chi connectivity index (χ3v) is 4.70. The zero-order chi connectivity index (χ0) is 17.3. The second kappa shape index (κ2) is 6.66. The molecule has 2 aliphatic rings. The van der Waals surface area contributed by atoms with Crippen molar-refractivity contribution in [2.75, 3.05) is 26.2 Å². The van der Waals surface area contributed by atoms with Gasteiger partial charge in [0, 0.05) is 50.1 Å². The van der Waals surface area contributed by atoms with E-state index in [-0.39, 0.29) is 18.0 Å². The van der Waals surface area contributed by atoms with Crippen LogP contribution in [-0.4, -0.2) is 53.6 Å². The molecule has 24 heavy (non-hydrogen) atoms. The first-order valence-electron chi connectivity index (χ1n) is 7.84. The Morgan fingerprint density at radius 1 is 1.46 bits per heavy atom. The number of hydrogen-bond donors (Lipinski definition) is 3. The van der Waals surface area contributed by atoms with Crippen LogP contribution in [0.1, 0.15) is 12.0 Å². The maximum atomic E-state index is 13.3. The molecule has 0 aromatic heterocycles. The number of aliphatic hydroxyl groups is 1. The van der Waals surface area contributed by atoms with E-state index in [9.17, 15) is 19.1 Å². The predicted octanol–water partition coefficient (Wildman–Crippen LogP) is 0.278. The summed E-state index contributed by atoms with van der Waals surface area (Å²) in [7, 11) is 0. The zero-order valence-electron chi connectivity index (χ0n) is 13.0. The number of likely N-dealkylation sites (tertiary alicyclic amines) is 1. The van der Waals surface area contributed by atoms with Gasteiger partial charge in [0.15, 0.2) is 0 Å². The molecule has 1 aromatic carbocycles. The maximum Gasteiger partial charge on any atom is 0.264 e. The molecule has 0 radical (unpaired) electrons.